The normalized spacial score (nSPS) is 20.8. The molecular formula is C15H28N2O4. The van der Waals surface area contributed by atoms with Gasteiger partial charge in [0, 0.05) is 19.1 Å². The Kier molecular flexibility index (Phi) is 6.45. The second-order valence-corrected chi connectivity index (χ2v) is 6.48. The van der Waals surface area contributed by atoms with E-state index in [9.17, 15) is 9.59 Å². The molecule has 21 heavy (non-hydrogen) atoms. The molecule has 0 aromatic heterocycles. The van der Waals surface area contributed by atoms with Gasteiger partial charge in [-0.3, -0.25) is 4.79 Å². The Morgan fingerprint density at radius 1 is 1.33 bits per heavy atom. The number of hydrogen-bond acceptors (Lipinski definition) is 5. The maximum atomic E-state index is 12.2. The van der Waals surface area contributed by atoms with Crippen LogP contribution in [0.5, 0.6) is 0 Å². The van der Waals surface area contributed by atoms with Crippen molar-refractivity contribution in [3.63, 3.8) is 0 Å². The van der Waals surface area contributed by atoms with E-state index in [1.807, 2.05) is 20.8 Å². The quantitative estimate of drug-likeness (QED) is 0.804. The summed E-state index contributed by atoms with van der Waals surface area (Å²) < 4.78 is 10.1. The molecule has 0 aliphatic carbocycles. The number of nitrogens with zero attached hydrogens (tertiary/aromatic N) is 1. The fraction of sp³-hybridized carbons (Fsp3) is 0.867. The van der Waals surface area contributed by atoms with Gasteiger partial charge in [0.1, 0.15) is 11.6 Å². The molecule has 1 aliphatic rings. The molecule has 0 aromatic rings. The van der Waals surface area contributed by atoms with Gasteiger partial charge in [-0.05, 0) is 47.0 Å². The molecule has 6 nitrogen and oxygen atoms in total. The maximum absolute atomic E-state index is 12.2. The molecule has 1 unspecified atom stereocenters. The standard InChI is InChI=1S/C15H28N2O4/c1-11(13(18)20-5)16-10-12-8-6-7-9-17(12)14(19)21-15(2,3)4/h11-12,16H,6-10H2,1-5H3/t11-,12?/m0/s1. The molecule has 1 N–H and O–H groups in total. The van der Waals surface area contributed by atoms with E-state index in [-0.39, 0.29) is 24.1 Å². The second kappa shape index (κ2) is 7.64. The lowest BCUT2D eigenvalue weighted by molar-refractivity contribution is -0.142. The number of likely N-dealkylation sites (tertiary alicyclic amines) is 1. The van der Waals surface area contributed by atoms with Crippen molar-refractivity contribution < 1.29 is 19.1 Å². The van der Waals surface area contributed by atoms with Crippen molar-refractivity contribution in [1.29, 1.82) is 0 Å². The third-order valence-electron chi connectivity index (χ3n) is 3.47. The first-order valence-corrected chi connectivity index (χ1v) is 7.55. The van der Waals surface area contributed by atoms with Crippen LogP contribution in [0, 0.1) is 0 Å². The number of carbonyl (C=O) groups is 2. The van der Waals surface area contributed by atoms with Crippen molar-refractivity contribution in [2.75, 3.05) is 20.2 Å². The lowest BCUT2D eigenvalue weighted by Gasteiger charge is -2.37. The smallest absolute Gasteiger partial charge is 0.410 e. The number of nitrogens with one attached hydrogen (secondary N) is 1. The first-order chi connectivity index (χ1) is 9.74. The number of rotatable bonds is 4. The van der Waals surface area contributed by atoms with Gasteiger partial charge in [-0.25, -0.2) is 4.79 Å². The van der Waals surface area contributed by atoms with Gasteiger partial charge in [-0.2, -0.15) is 0 Å². The van der Waals surface area contributed by atoms with E-state index in [4.69, 9.17) is 4.74 Å². The van der Waals surface area contributed by atoms with Crippen LogP contribution in [0.1, 0.15) is 47.0 Å². The highest BCUT2D eigenvalue weighted by molar-refractivity contribution is 5.75. The summed E-state index contributed by atoms with van der Waals surface area (Å²) in [6.45, 7) is 8.61. The van der Waals surface area contributed by atoms with Gasteiger partial charge in [0.05, 0.1) is 7.11 Å². The summed E-state index contributed by atoms with van der Waals surface area (Å²) in [6.07, 6.45) is 2.71. The van der Waals surface area contributed by atoms with E-state index in [0.717, 1.165) is 19.3 Å². The Hall–Kier alpha value is -1.30. The predicted octanol–water partition coefficient (Wildman–Crippen LogP) is 1.93. The van der Waals surface area contributed by atoms with Crippen LogP contribution >= 0.6 is 0 Å². The lowest BCUT2D eigenvalue weighted by Crippen LogP contribution is -2.52. The summed E-state index contributed by atoms with van der Waals surface area (Å²) in [5.74, 6) is -0.297. The van der Waals surface area contributed by atoms with Gasteiger partial charge < -0.3 is 19.7 Å². The van der Waals surface area contributed by atoms with Crippen LogP contribution in [0.15, 0.2) is 0 Å². The van der Waals surface area contributed by atoms with Crippen molar-refractivity contribution in [3.05, 3.63) is 0 Å². The van der Waals surface area contributed by atoms with Gasteiger partial charge in [0.15, 0.2) is 0 Å². The van der Waals surface area contributed by atoms with Gasteiger partial charge in [0.2, 0.25) is 0 Å². The number of esters is 1. The topological polar surface area (TPSA) is 67.9 Å². The largest absolute Gasteiger partial charge is 0.468 e. The molecule has 1 amide bonds. The highest BCUT2D eigenvalue weighted by Crippen LogP contribution is 2.20. The van der Waals surface area contributed by atoms with E-state index < -0.39 is 5.60 Å². The van der Waals surface area contributed by atoms with E-state index in [1.54, 1.807) is 11.8 Å². The van der Waals surface area contributed by atoms with Gasteiger partial charge in [-0.15, -0.1) is 0 Å². The summed E-state index contributed by atoms with van der Waals surface area (Å²) >= 11 is 0. The Morgan fingerprint density at radius 3 is 2.57 bits per heavy atom. The minimum Gasteiger partial charge on any atom is -0.468 e. The molecule has 2 atom stereocenters. The molecule has 1 heterocycles. The molecule has 1 fully saturated rings. The highest BCUT2D eigenvalue weighted by atomic mass is 16.6. The van der Waals surface area contributed by atoms with Crippen molar-refractivity contribution in [1.82, 2.24) is 10.2 Å². The second-order valence-electron chi connectivity index (χ2n) is 6.48. The number of amides is 1. The minimum atomic E-state index is -0.494. The number of ether oxygens (including phenoxy) is 2. The summed E-state index contributed by atoms with van der Waals surface area (Å²) in [4.78, 5) is 25.4. The third kappa shape index (κ3) is 5.91. The Labute approximate surface area is 127 Å². The molecular weight excluding hydrogens is 272 g/mol. The van der Waals surface area contributed by atoms with E-state index in [1.165, 1.54) is 7.11 Å². The molecule has 0 bridgehead atoms. The van der Waals surface area contributed by atoms with Crippen molar-refractivity contribution in [3.8, 4) is 0 Å². The summed E-state index contributed by atoms with van der Waals surface area (Å²) in [5, 5.41) is 3.13. The molecule has 0 spiro atoms. The van der Waals surface area contributed by atoms with Crippen LogP contribution < -0.4 is 5.32 Å². The third-order valence-corrected chi connectivity index (χ3v) is 3.47. The van der Waals surface area contributed by atoms with Crippen LogP contribution in [0.4, 0.5) is 4.79 Å². The molecule has 122 valence electrons. The number of carbonyl (C=O) groups excluding carboxylic acids is 2. The molecule has 0 radical (unpaired) electrons. The first-order valence-electron chi connectivity index (χ1n) is 7.55. The number of methoxy groups -OCH3 is 1. The van der Waals surface area contributed by atoms with E-state index in [2.05, 4.69) is 10.1 Å². The Morgan fingerprint density at radius 2 is 2.00 bits per heavy atom. The van der Waals surface area contributed by atoms with Crippen LogP contribution in [-0.4, -0.2) is 54.8 Å². The SMILES string of the molecule is COC(=O)[C@H](C)NCC1CCCCN1C(=O)OC(C)(C)C. The van der Waals surface area contributed by atoms with Crippen LogP contribution in [0.25, 0.3) is 0 Å². The van der Waals surface area contributed by atoms with E-state index >= 15 is 0 Å². The summed E-state index contributed by atoms with van der Waals surface area (Å²) in [6, 6.07) is -0.321. The Bertz CT molecular complexity index is 365. The zero-order chi connectivity index (χ0) is 16.0. The zero-order valence-electron chi connectivity index (χ0n) is 13.8. The summed E-state index contributed by atoms with van der Waals surface area (Å²) in [7, 11) is 1.37. The van der Waals surface area contributed by atoms with Crippen molar-refractivity contribution >= 4 is 12.1 Å². The molecule has 0 aromatic carbocycles. The van der Waals surface area contributed by atoms with Crippen LogP contribution in [-0.2, 0) is 14.3 Å². The molecule has 1 aliphatic heterocycles. The Balaban J connectivity index is 2.57. The van der Waals surface area contributed by atoms with Crippen LogP contribution in [0.3, 0.4) is 0 Å². The maximum Gasteiger partial charge on any atom is 0.410 e. The zero-order valence-corrected chi connectivity index (χ0v) is 13.8. The van der Waals surface area contributed by atoms with Crippen molar-refractivity contribution in [2.24, 2.45) is 0 Å². The van der Waals surface area contributed by atoms with Crippen molar-refractivity contribution in [2.45, 2.75) is 64.6 Å². The average molecular weight is 300 g/mol. The number of hydrogen-bond donors (Lipinski definition) is 1. The fourth-order valence-electron chi connectivity index (χ4n) is 2.35. The predicted molar refractivity (Wildman–Crippen MR) is 80.1 cm³/mol. The first kappa shape index (κ1) is 17.8. The fourth-order valence-corrected chi connectivity index (χ4v) is 2.35. The molecule has 1 saturated heterocycles. The molecule has 1 rings (SSSR count). The average Bonchev–Trinajstić information content (AvgIpc) is 2.42. The minimum absolute atomic E-state index is 0.0562. The van der Waals surface area contributed by atoms with Gasteiger partial charge >= 0.3 is 12.1 Å². The van der Waals surface area contributed by atoms with Gasteiger partial charge in [0.25, 0.3) is 0 Å². The monoisotopic (exact) mass is 300 g/mol. The highest BCUT2D eigenvalue weighted by Gasteiger charge is 2.30. The molecule has 6 heteroatoms. The van der Waals surface area contributed by atoms with E-state index in [0.29, 0.717) is 13.1 Å². The van der Waals surface area contributed by atoms with Gasteiger partial charge in [-0.1, -0.05) is 0 Å². The summed E-state index contributed by atoms with van der Waals surface area (Å²) in [5.41, 5.74) is -0.494. The lowest BCUT2D eigenvalue weighted by atomic mass is 10.0. The van der Waals surface area contributed by atoms with Crippen LogP contribution in [0.2, 0.25) is 0 Å². The molecule has 0 saturated carbocycles. The number of piperidine rings is 1.